The van der Waals surface area contributed by atoms with Gasteiger partial charge in [0.05, 0.1) is 24.2 Å². The highest BCUT2D eigenvalue weighted by molar-refractivity contribution is 5.64. The van der Waals surface area contributed by atoms with Crippen molar-refractivity contribution in [3.05, 3.63) is 88.6 Å². The van der Waals surface area contributed by atoms with Gasteiger partial charge in [0.15, 0.2) is 5.82 Å². The Bertz CT molecular complexity index is 1040. The second-order valence-corrected chi connectivity index (χ2v) is 7.48. The Morgan fingerprint density at radius 3 is 2.82 bits per heavy atom. The van der Waals surface area contributed by atoms with Crippen LogP contribution in [0.4, 0.5) is 17.2 Å². The third kappa shape index (κ3) is 6.26. The molecule has 2 aromatic carbocycles. The predicted octanol–water partition coefficient (Wildman–Crippen LogP) is 4.02. The average molecular weight is 450 g/mol. The number of hydrogen-bond donors (Lipinski definition) is 1. The lowest BCUT2D eigenvalue weighted by molar-refractivity contribution is -0.384. The Morgan fingerprint density at radius 1 is 1.15 bits per heavy atom. The van der Waals surface area contributed by atoms with Gasteiger partial charge in [-0.15, -0.1) is 0 Å². The number of pyridine rings is 1. The Labute approximate surface area is 192 Å². The molecule has 0 radical (unpaired) electrons. The predicted molar refractivity (Wildman–Crippen MR) is 123 cm³/mol. The van der Waals surface area contributed by atoms with Crippen molar-refractivity contribution in [1.29, 1.82) is 0 Å². The van der Waals surface area contributed by atoms with Gasteiger partial charge in [-0.1, -0.05) is 30.3 Å². The van der Waals surface area contributed by atoms with E-state index in [9.17, 15) is 10.1 Å². The molecular formula is C24H26N4O5. The van der Waals surface area contributed by atoms with Crippen molar-refractivity contribution < 1.29 is 19.2 Å². The standard InChI is InChI=1S/C24H26N4O5/c29-28(30)20-7-5-6-19(16-20)18-33-27(24-10-3-4-12-26-24)22-8-1-2-9-23(22)32-14-11-21-17-25-13-15-31-21/h1-10,12,16,21,25H,11,13-15,17-18H2. The molecule has 172 valence electrons. The molecule has 0 bridgehead atoms. The number of nitro groups is 1. The second kappa shape index (κ2) is 11.4. The van der Waals surface area contributed by atoms with Crippen LogP contribution in [0.1, 0.15) is 12.0 Å². The maximum atomic E-state index is 11.1. The molecule has 4 rings (SSSR count). The zero-order valence-corrected chi connectivity index (χ0v) is 18.1. The Balaban J connectivity index is 1.51. The highest BCUT2D eigenvalue weighted by Crippen LogP contribution is 2.34. The van der Waals surface area contributed by atoms with Gasteiger partial charge in [-0.3, -0.25) is 15.0 Å². The molecule has 0 spiro atoms. The quantitative estimate of drug-likeness (QED) is 0.365. The van der Waals surface area contributed by atoms with E-state index < -0.39 is 4.92 Å². The lowest BCUT2D eigenvalue weighted by Crippen LogP contribution is -2.39. The number of nitrogens with zero attached hydrogens (tertiary/aromatic N) is 3. The van der Waals surface area contributed by atoms with Gasteiger partial charge in [0.25, 0.3) is 5.69 Å². The molecule has 2 heterocycles. The highest BCUT2D eigenvalue weighted by Gasteiger charge is 2.19. The van der Waals surface area contributed by atoms with E-state index in [0.717, 1.165) is 19.5 Å². The number of aromatic nitrogens is 1. The molecule has 1 N–H and O–H groups in total. The van der Waals surface area contributed by atoms with E-state index in [-0.39, 0.29) is 18.4 Å². The summed E-state index contributed by atoms with van der Waals surface area (Å²) in [5, 5.41) is 16.0. The summed E-state index contributed by atoms with van der Waals surface area (Å²) in [6, 6.07) is 19.4. The molecule has 33 heavy (non-hydrogen) atoms. The van der Waals surface area contributed by atoms with Gasteiger partial charge in [-0.25, -0.2) is 4.98 Å². The van der Waals surface area contributed by atoms with Crippen molar-refractivity contribution in [1.82, 2.24) is 10.3 Å². The number of rotatable bonds is 10. The first-order valence-corrected chi connectivity index (χ1v) is 10.8. The molecule has 1 aliphatic rings. The van der Waals surface area contributed by atoms with Gasteiger partial charge in [0.2, 0.25) is 0 Å². The SMILES string of the molecule is O=[N+]([O-])c1cccc(CON(c2ccccn2)c2ccccc2OCCC2CNCCO2)c1. The van der Waals surface area contributed by atoms with Crippen LogP contribution in [0.5, 0.6) is 5.75 Å². The Hall–Kier alpha value is -3.53. The maximum Gasteiger partial charge on any atom is 0.269 e. The third-order valence-electron chi connectivity index (χ3n) is 5.12. The minimum absolute atomic E-state index is 0.0173. The van der Waals surface area contributed by atoms with E-state index >= 15 is 0 Å². The third-order valence-corrected chi connectivity index (χ3v) is 5.12. The molecule has 1 aliphatic heterocycles. The molecule has 1 fully saturated rings. The van der Waals surface area contributed by atoms with E-state index in [1.807, 2.05) is 42.5 Å². The van der Waals surface area contributed by atoms with Crippen LogP contribution in [-0.4, -0.2) is 42.3 Å². The number of morpholine rings is 1. The van der Waals surface area contributed by atoms with Crippen LogP contribution in [0.3, 0.4) is 0 Å². The van der Waals surface area contributed by atoms with Crippen LogP contribution >= 0.6 is 0 Å². The van der Waals surface area contributed by atoms with E-state index in [4.69, 9.17) is 14.3 Å². The first-order chi connectivity index (χ1) is 16.2. The molecule has 1 saturated heterocycles. The van der Waals surface area contributed by atoms with Gasteiger partial charge < -0.3 is 14.8 Å². The topological polar surface area (TPSA) is 99.0 Å². The summed E-state index contributed by atoms with van der Waals surface area (Å²) in [6.07, 6.45) is 2.57. The summed E-state index contributed by atoms with van der Waals surface area (Å²) in [7, 11) is 0. The van der Waals surface area contributed by atoms with Crippen LogP contribution in [0, 0.1) is 10.1 Å². The van der Waals surface area contributed by atoms with Crippen LogP contribution in [0.15, 0.2) is 72.9 Å². The number of nitrogens with one attached hydrogen (secondary N) is 1. The molecule has 3 aromatic rings. The molecule has 0 saturated carbocycles. The monoisotopic (exact) mass is 450 g/mol. The summed E-state index contributed by atoms with van der Waals surface area (Å²) in [5.41, 5.74) is 1.37. The number of benzene rings is 2. The van der Waals surface area contributed by atoms with Crippen molar-refractivity contribution in [2.24, 2.45) is 0 Å². The van der Waals surface area contributed by atoms with Crippen molar-refractivity contribution in [3.8, 4) is 5.75 Å². The molecule has 1 unspecified atom stereocenters. The second-order valence-electron chi connectivity index (χ2n) is 7.48. The lowest BCUT2D eigenvalue weighted by Gasteiger charge is -2.26. The fraction of sp³-hybridized carbons (Fsp3) is 0.292. The molecule has 1 atom stereocenters. The van der Waals surface area contributed by atoms with Crippen LogP contribution < -0.4 is 15.1 Å². The van der Waals surface area contributed by atoms with Crippen LogP contribution in [0.25, 0.3) is 0 Å². The summed E-state index contributed by atoms with van der Waals surface area (Å²) in [5.74, 6) is 1.21. The molecule has 0 aliphatic carbocycles. The minimum atomic E-state index is -0.422. The first-order valence-electron chi connectivity index (χ1n) is 10.8. The van der Waals surface area contributed by atoms with Crippen molar-refractivity contribution >= 4 is 17.2 Å². The van der Waals surface area contributed by atoms with Crippen molar-refractivity contribution in [2.75, 3.05) is 31.4 Å². The van der Waals surface area contributed by atoms with E-state index in [2.05, 4.69) is 10.3 Å². The maximum absolute atomic E-state index is 11.1. The zero-order chi connectivity index (χ0) is 22.9. The highest BCUT2D eigenvalue weighted by atomic mass is 16.7. The summed E-state index contributed by atoms with van der Waals surface area (Å²) in [6.45, 7) is 3.01. The van der Waals surface area contributed by atoms with Gasteiger partial charge >= 0.3 is 0 Å². The number of non-ortho nitro benzene ring substituents is 1. The number of para-hydroxylation sites is 2. The van der Waals surface area contributed by atoms with Crippen molar-refractivity contribution in [3.63, 3.8) is 0 Å². The number of ether oxygens (including phenoxy) is 2. The fourth-order valence-corrected chi connectivity index (χ4v) is 3.48. The minimum Gasteiger partial charge on any atom is -0.491 e. The zero-order valence-electron chi connectivity index (χ0n) is 18.1. The summed E-state index contributed by atoms with van der Waals surface area (Å²) < 4.78 is 11.8. The Morgan fingerprint density at radius 2 is 2.03 bits per heavy atom. The lowest BCUT2D eigenvalue weighted by atomic mass is 10.2. The Kier molecular flexibility index (Phi) is 7.81. The smallest absolute Gasteiger partial charge is 0.269 e. The largest absolute Gasteiger partial charge is 0.491 e. The van der Waals surface area contributed by atoms with Gasteiger partial charge in [0, 0.05) is 37.8 Å². The van der Waals surface area contributed by atoms with E-state index in [1.54, 1.807) is 23.4 Å². The number of anilines is 2. The van der Waals surface area contributed by atoms with Crippen LogP contribution in [-0.2, 0) is 16.2 Å². The van der Waals surface area contributed by atoms with E-state index in [1.165, 1.54) is 12.1 Å². The molecule has 9 heteroatoms. The number of hydrogen-bond acceptors (Lipinski definition) is 8. The molecule has 0 amide bonds. The van der Waals surface area contributed by atoms with Crippen molar-refractivity contribution in [2.45, 2.75) is 19.1 Å². The van der Waals surface area contributed by atoms with Crippen LogP contribution in [0.2, 0.25) is 0 Å². The number of nitro benzene ring substituents is 1. The summed E-state index contributed by atoms with van der Waals surface area (Å²) >= 11 is 0. The first kappa shape index (κ1) is 22.7. The molecule has 1 aromatic heterocycles. The molecular weight excluding hydrogens is 424 g/mol. The average Bonchev–Trinajstić information content (AvgIpc) is 2.86. The normalized spacial score (nSPS) is 15.7. The van der Waals surface area contributed by atoms with Gasteiger partial charge in [-0.05, 0) is 29.8 Å². The summed E-state index contributed by atoms with van der Waals surface area (Å²) in [4.78, 5) is 21.2. The van der Waals surface area contributed by atoms with E-state index in [0.29, 0.717) is 36.0 Å². The molecule has 9 nitrogen and oxygen atoms in total. The fourth-order valence-electron chi connectivity index (χ4n) is 3.48. The van der Waals surface area contributed by atoms with Gasteiger partial charge in [0.1, 0.15) is 18.0 Å². The van der Waals surface area contributed by atoms with Gasteiger partial charge in [-0.2, -0.15) is 5.06 Å².